The van der Waals surface area contributed by atoms with Crippen LogP contribution in [0.4, 0.5) is 5.69 Å². The van der Waals surface area contributed by atoms with Gasteiger partial charge in [-0.25, -0.2) is 0 Å². The number of hydrogen-bond donors (Lipinski definition) is 3. The zero-order chi connectivity index (χ0) is 18.6. The fraction of sp³-hybridized carbons (Fsp3) is 0.304. The Morgan fingerprint density at radius 3 is 2.69 bits per heavy atom. The summed E-state index contributed by atoms with van der Waals surface area (Å²) in [5.41, 5.74) is 6.92. The Morgan fingerprint density at radius 1 is 1.19 bits per heavy atom. The van der Waals surface area contributed by atoms with E-state index < -0.39 is 11.6 Å². The summed E-state index contributed by atoms with van der Waals surface area (Å²) < 4.78 is 0. The van der Waals surface area contributed by atoms with Crippen LogP contribution in [0.5, 0.6) is 0 Å². The summed E-state index contributed by atoms with van der Waals surface area (Å²) in [5.74, 6) is 2.87. The van der Waals surface area contributed by atoms with E-state index in [9.17, 15) is 5.11 Å². The molecule has 0 saturated heterocycles. The summed E-state index contributed by atoms with van der Waals surface area (Å²) in [6.45, 7) is 8.22. The molecule has 0 fully saturated rings. The topological polar surface area (TPSA) is 48.0 Å². The predicted octanol–water partition coefficient (Wildman–Crippen LogP) is 4.79. The lowest BCUT2D eigenvalue weighted by atomic mass is 9.75. The van der Waals surface area contributed by atoms with Crippen molar-refractivity contribution in [3.05, 3.63) is 53.2 Å². The molecular weight excluding hydrogens is 320 g/mol. The van der Waals surface area contributed by atoms with Gasteiger partial charge < -0.3 is 15.4 Å². The standard InChI is InChI=1S/C23H24N2O/c1-6-16-18(17-9-7-8-15-10-11-24-21(15)17)12-13(2)20-19(16)14(3)22(26)23(4,5)25-20/h1,7-12,14,22,24-26H,2-5H3/t14-,22+/m0/s1. The molecule has 0 radical (unpaired) electrons. The molecule has 2 heterocycles. The second-order valence-corrected chi connectivity index (χ2v) is 7.88. The Balaban J connectivity index is 2.05. The maximum Gasteiger partial charge on any atom is 0.0831 e. The van der Waals surface area contributed by atoms with E-state index in [2.05, 4.69) is 60.4 Å². The minimum Gasteiger partial charge on any atom is -0.390 e. The summed E-state index contributed by atoms with van der Waals surface area (Å²) in [4.78, 5) is 3.34. The lowest BCUT2D eigenvalue weighted by Gasteiger charge is -2.43. The summed E-state index contributed by atoms with van der Waals surface area (Å²) in [6.07, 6.45) is 7.42. The van der Waals surface area contributed by atoms with Crippen LogP contribution < -0.4 is 5.32 Å². The molecule has 3 heteroatoms. The van der Waals surface area contributed by atoms with Crippen LogP contribution in [0.15, 0.2) is 36.5 Å². The highest BCUT2D eigenvalue weighted by Gasteiger charge is 2.40. The average molecular weight is 344 g/mol. The first kappa shape index (κ1) is 16.8. The van der Waals surface area contributed by atoms with Crippen molar-refractivity contribution < 1.29 is 5.11 Å². The molecule has 3 nitrogen and oxygen atoms in total. The Labute approximate surface area is 154 Å². The average Bonchev–Trinajstić information content (AvgIpc) is 3.09. The van der Waals surface area contributed by atoms with Crippen LogP contribution in [0.3, 0.4) is 0 Å². The molecule has 2 aromatic carbocycles. The zero-order valence-electron chi connectivity index (χ0n) is 15.6. The number of aromatic nitrogens is 1. The number of para-hydroxylation sites is 1. The maximum absolute atomic E-state index is 10.8. The first-order valence-corrected chi connectivity index (χ1v) is 9.02. The van der Waals surface area contributed by atoms with Gasteiger partial charge in [0, 0.05) is 34.5 Å². The van der Waals surface area contributed by atoms with Gasteiger partial charge in [0.25, 0.3) is 0 Å². The van der Waals surface area contributed by atoms with Gasteiger partial charge in [0.15, 0.2) is 0 Å². The molecule has 1 aliphatic heterocycles. The van der Waals surface area contributed by atoms with Crippen molar-refractivity contribution in [1.29, 1.82) is 0 Å². The van der Waals surface area contributed by atoms with E-state index in [0.29, 0.717) is 0 Å². The smallest absolute Gasteiger partial charge is 0.0831 e. The highest BCUT2D eigenvalue weighted by atomic mass is 16.3. The molecule has 0 spiro atoms. The number of aryl methyl sites for hydroxylation is 1. The minimum absolute atomic E-state index is 0.0474. The quantitative estimate of drug-likeness (QED) is 0.556. The lowest BCUT2D eigenvalue weighted by molar-refractivity contribution is 0.0868. The Bertz CT molecular complexity index is 1050. The zero-order valence-corrected chi connectivity index (χ0v) is 15.6. The molecular formula is C23H24N2O. The van der Waals surface area contributed by atoms with Crippen LogP contribution in [0.25, 0.3) is 22.0 Å². The molecule has 0 saturated carbocycles. The first-order chi connectivity index (χ1) is 12.3. The first-order valence-electron chi connectivity index (χ1n) is 9.02. The van der Waals surface area contributed by atoms with Crippen LogP contribution in [0, 0.1) is 19.3 Å². The maximum atomic E-state index is 10.8. The second-order valence-electron chi connectivity index (χ2n) is 7.88. The molecule has 0 bridgehead atoms. The molecule has 132 valence electrons. The summed E-state index contributed by atoms with van der Waals surface area (Å²) in [7, 11) is 0. The minimum atomic E-state index is -0.516. The summed E-state index contributed by atoms with van der Waals surface area (Å²) in [6, 6.07) is 10.5. The third kappa shape index (κ3) is 2.26. The van der Waals surface area contributed by atoms with Gasteiger partial charge in [-0.15, -0.1) is 6.42 Å². The van der Waals surface area contributed by atoms with E-state index in [-0.39, 0.29) is 5.92 Å². The number of aliphatic hydroxyl groups is 1. The van der Waals surface area contributed by atoms with Crippen LogP contribution in [-0.4, -0.2) is 21.7 Å². The van der Waals surface area contributed by atoms with Crippen molar-refractivity contribution in [2.75, 3.05) is 5.32 Å². The molecule has 4 rings (SSSR count). The van der Waals surface area contributed by atoms with Crippen molar-refractivity contribution in [2.24, 2.45) is 0 Å². The number of fused-ring (bicyclic) bond motifs is 2. The molecule has 3 N–H and O–H groups in total. The number of hydrogen-bond acceptors (Lipinski definition) is 2. The fourth-order valence-corrected chi connectivity index (χ4v) is 4.32. The number of nitrogens with one attached hydrogen (secondary N) is 2. The van der Waals surface area contributed by atoms with E-state index in [1.54, 1.807) is 0 Å². The van der Waals surface area contributed by atoms with Crippen molar-refractivity contribution in [3.63, 3.8) is 0 Å². The highest BCUT2D eigenvalue weighted by molar-refractivity contribution is 5.97. The molecule has 0 unspecified atom stereocenters. The van der Waals surface area contributed by atoms with E-state index in [0.717, 1.165) is 44.4 Å². The number of aliphatic hydroxyl groups excluding tert-OH is 1. The molecule has 3 aromatic rings. The van der Waals surface area contributed by atoms with Crippen LogP contribution in [-0.2, 0) is 0 Å². The molecule has 2 atom stereocenters. The number of rotatable bonds is 1. The molecule has 0 aliphatic carbocycles. The molecule has 1 aliphatic rings. The largest absolute Gasteiger partial charge is 0.390 e. The number of terminal acetylenes is 1. The van der Waals surface area contributed by atoms with Gasteiger partial charge in [0.1, 0.15) is 0 Å². The van der Waals surface area contributed by atoms with Gasteiger partial charge in [-0.1, -0.05) is 31.0 Å². The van der Waals surface area contributed by atoms with Gasteiger partial charge in [-0.2, -0.15) is 0 Å². The van der Waals surface area contributed by atoms with Crippen molar-refractivity contribution in [1.82, 2.24) is 4.98 Å². The Morgan fingerprint density at radius 2 is 1.96 bits per heavy atom. The van der Waals surface area contributed by atoms with Gasteiger partial charge in [-0.05, 0) is 49.4 Å². The van der Waals surface area contributed by atoms with Crippen LogP contribution in [0.1, 0.15) is 43.4 Å². The number of aromatic amines is 1. The van der Waals surface area contributed by atoms with Crippen LogP contribution >= 0.6 is 0 Å². The van der Waals surface area contributed by atoms with Gasteiger partial charge in [-0.3, -0.25) is 0 Å². The molecule has 0 amide bonds. The molecule has 26 heavy (non-hydrogen) atoms. The fourth-order valence-electron chi connectivity index (χ4n) is 4.32. The normalized spacial score (nSPS) is 21.1. The number of benzene rings is 2. The van der Waals surface area contributed by atoms with Gasteiger partial charge >= 0.3 is 0 Å². The molecule has 1 aromatic heterocycles. The third-order valence-electron chi connectivity index (χ3n) is 5.70. The Hall–Kier alpha value is -2.70. The highest BCUT2D eigenvalue weighted by Crippen LogP contribution is 2.46. The third-order valence-corrected chi connectivity index (χ3v) is 5.70. The Kier molecular flexibility index (Phi) is 3.64. The van der Waals surface area contributed by atoms with E-state index in [1.807, 2.05) is 20.0 Å². The second kappa shape index (κ2) is 5.65. The number of H-pyrrole nitrogens is 1. The van der Waals surface area contributed by atoms with Gasteiger partial charge in [0.2, 0.25) is 0 Å². The van der Waals surface area contributed by atoms with Crippen LogP contribution in [0.2, 0.25) is 0 Å². The van der Waals surface area contributed by atoms with Crippen molar-refractivity contribution in [2.45, 2.75) is 45.3 Å². The number of anilines is 1. The summed E-state index contributed by atoms with van der Waals surface area (Å²) >= 11 is 0. The van der Waals surface area contributed by atoms with E-state index in [4.69, 9.17) is 6.42 Å². The lowest BCUT2D eigenvalue weighted by Crippen LogP contribution is -2.50. The SMILES string of the molecule is C#Cc1c(-c2cccc3cc[nH]c23)cc(C)c2c1[C@H](C)[C@@H](O)C(C)(C)N2. The van der Waals surface area contributed by atoms with Gasteiger partial charge in [0.05, 0.1) is 17.2 Å². The monoisotopic (exact) mass is 344 g/mol. The summed E-state index contributed by atoms with van der Waals surface area (Å²) in [5, 5.41) is 15.5. The van der Waals surface area contributed by atoms with Crippen molar-refractivity contribution >= 4 is 16.6 Å². The van der Waals surface area contributed by atoms with E-state index >= 15 is 0 Å². The van der Waals surface area contributed by atoms with Crippen molar-refractivity contribution in [3.8, 4) is 23.5 Å². The van der Waals surface area contributed by atoms with E-state index in [1.165, 1.54) is 0 Å². The predicted molar refractivity (Wildman–Crippen MR) is 109 cm³/mol.